The normalized spacial score (nSPS) is 19.9. The molecule has 0 unspecified atom stereocenters. The van der Waals surface area contributed by atoms with Crippen molar-refractivity contribution in [1.82, 2.24) is 5.32 Å². The van der Waals surface area contributed by atoms with Gasteiger partial charge in [-0.05, 0) is 31.7 Å². The average molecular weight is 377 g/mol. The van der Waals surface area contributed by atoms with E-state index in [4.69, 9.17) is 15.2 Å². The lowest BCUT2D eigenvalue weighted by molar-refractivity contribution is -0.123. The van der Waals surface area contributed by atoms with Crippen molar-refractivity contribution in [3.05, 3.63) is 17.7 Å². The van der Waals surface area contributed by atoms with E-state index in [0.29, 0.717) is 22.7 Å². The van der Waals surface area contributed by atoms with Gasteiger partial charge in [-0.1, -0.05) is 20.8 Å². The second-order valence-electron chi connectivity index (χ2n) is 8.04. The zero-order valence-corrected chi connectivity index (χ0v) is 16.8. The first-order valence-corrected chi connectivity index (χ1v) is 9.29. The van der Waals surface area contributed by atoms with Gasteiger partial charge in [0.2, 0.25) is 5.91 Å². The van der Waals surface area contributed by atoms with Crippen molar-refractivity contribution in [2.75, 3.05) is 19.5 Å². The highest BCUT2D eigenvalue weighted by atomic mass is 16.5. The number of amides is 2. The maximum Gasteiger partial charge on any atom is 0.253 e. The van der Waals surface area contributed by atoms with Crippen LogP contribution in [0.5, 0.6) is 11.5 Å². The van der Waals surface area contributed by atoms with Crippen LogP contribution in [0.4, 0.5) is 5.69 Å². The SMILES string of the molecule is COc1cc(NC(=O)C(C)(C)C)c(C(=O)NC2CCC(N)CC2)cc1OC. The second-order valence-corrected chi connectivity index (χ2v) is 8.04. The standard InChI is InChI=1S/C20H31N3O4/c1-20(2,3)19(25)23-15-11-17(27-5)16(26-4)10-14(15)18(24)22-13-8-6-12(21)7-9-13/h10-13H,6-9,21H2,1-5H3,(H,22,24)(H,23,25). The van der Waals surface area contributed by atoms with Crippen LogP contribution in [0.25, 0.3) is 0 Å². The van der Waals surface area contributed by atoms with Gasteiger partial charge < -0.3 is 25.8 Å². The molecule has 0 radical (unpaired) electrons. The van der Waals surface area contributed by atoms with E-state index in [2.05, 4.69) is 10.6 Å². The molecule has 27 heavy (non-hydrogen) atoms. The number of carbonyl (C=O) groups is 2. The first-order valence-electron chi connectivity index (χ1n) is 9.29. The first kappa shape index (κ1) is 21.0. The van der Waals surface area contributed by atoms with Crippen LogP contribution >= 0.6 is 0 Å². The lowest BCUT2D eigenvalue weighted by atomic mass is 9.91. The van der Waals surface area contributed by atoms with E-state index in [-0.39, 0.29) is 23.9 Å². The summed E-state index contributed by atoms with van der Waals surface area (Å²) in [4.78, 5) is 25.4. The maximum absolute atomic E-state index is 12.9. The molecular formula is C20H31N3O4. The van der Waals surface area contributed by atoms with Crippen LogP contribution in [-0.4, -0.2) is 38.1 Å². The van der Waals surface area contributed by atoms with Crippen molar-refractivity contribution in [2.45, 2.75) is 58.5 Å². The molecule has 0 atom stereocenters. The number of rotatable bonds is 5. The van der Waals surface area contributed by atoms with Gasteiger partial charge in [0.25, 0.3) is 5.91 Å². The molecule has 0 aromatic heterocycles. The summed E-state index contributed by atoms with van der Waals surface area (Å²) >= 11 is 0. The minimum Gasteiger partial charge on any atom is -0.493 e. The number of anilines is 1. The van der Waals surface area contributed by atoms with E-state index in [0.717, 1.165) is 25.7 Å². The highest BCUT2D eigenvalue weighted by Gasteiger charge is 2.26. The van der Waals surface area contributed by atoms with Crippen molar-refractivity contribution in [3.8, 4) is 11.5 Å². The number of nitrogens with two attached hydrogens (primary N) is 1. The number of methoxy groups -OCH3 is 2. The molecule has 1 saturated carbocycles. The van der Waals surface area contributed by atoms with Crippen LogP contribution in [0.1, 0.15) is 56.8 Å². The summed E-state index contributed by atoms with van der Waals surface area (Å²) in [7, 11) is 3.02. The molecule has 0 bridgehead atoms. The summed E-state index contributed by atoms with van der Waals surface area (Å²) in [6.07, 6.45) is 3.49. The van der Waals surface area contributed by atoms with Gasteiger partial charge in [-0.25, -0.2) is 0 Å². The Morgan fingerprint density at radius 1 is 1.04 bits per heavy atom. The molecule has 4 N–H and O–H groups in total. The van der Waals surface area contributed by atoms with Crippen LogP contribution in [0.15, 0.2) is 12.1 Å². The largest absolute Gasteiger partial charge is 0.493 e. The molecule has 1 fully saturated rings. The molecule has 1 aliphatic carbocycles. The summed E-state index contributed by atoms with van der Waals surface area (Å²) < 4.78 is 10.6. The molecule has 0 saturated heterocycles. The third-order valence-corrected chi connectivity index (χ3v) is 4.80. The summed E-state index contributed by atoms with van der Waals surface area (Å²) in [6.45, 7) is 5.44. The number of ether oxygens (including phenoxy) is 2. The van der Waals surface area contributed by atoms with Crippen LogP contribution in [-0.2, 0) is 4.79 Å². The Kier molecular flexibility index (Phi) is 6.70. The second kappa shape index (κ2) is 8.61. The summed E-state index contributed by atoms with van der Waals surface area (Å²) in [5.41, 5.74) is 6.09. The Hall–Kier alpha value is -2.28. The highest BCUT2D eigenvalue weighted by Crippen LogP contribution is 2.34. The maximum atomic E-state index is 12.9. The lowest BCUT2D eigenvalue weighted by Gasteiger charge is -2.27. The molecule has 1 aliphatic rings. The van der Waals surface area contributed by atoms with E-state index in [1.165, 1.54) is 14.2 Å². The molecule has 2 rings (SSSR count). The molecule has 0 aliphatic heterocycles. The van der Waals surface area contributed by atoms with E-state index in [1.54, 1.807) is 12.1 Å². The summed E-state index contributed by atoms with van der Waals surface area (Å²) in [5.74, 6) is 0.442. The van der Waals surface area contributed by atoms with Crippen molar-refractivity contribution >= 4 is 17.5 Å². The average Bonchev–Trinajstić information content (AvgIpc) is 2.62. The zero-order valence-electron chi connectivity index (χ0n) is 16.8. The smallest absolute Gasteiger partial charge is 0.253 e. The molecular weight excluding hydrogens is 346 g/mol. The molecule has 1 aromatic carbocycles. The van der Waals surface area contributed by atoms with Crippen molar-refractivity contribution in [2.24, 2.45) is 11.1 Å². The van der Waals surface area contributed by atoms with Gasteiger partial charge in [-0.15, -0.1) is 0 Å². The van der Waals surface area contributed by atoms with Gasteiger partial charge in [0.1, 0.15) is 0 Å². The Morgan fingerprint density at radius 3 is 2.11 bits per heavy atom. The van der Waals surface area contributed by atoms with Crippen LogP contribution in [0.3, 0.4) is 0 Å². The fourth-order valence-corrected chi connectivity index (χ4v) is 3.01. The molecule has 0 spiro atoms. The predicted octanol–water partition coefficient (Wildman–Crippen LogP) is 2.69. The minimum absolute atomic E-state index is 0.0802. The topological polar surface area (TPSA) is 103 Å². The molecule has 150 valence electrons. The monoisotopic (exact) mass is 377 g/mol. The van der Waals surface area contributed by atoms with Gasteiger partial charge in [0.15, 0.2) is 11.5 Å². The zero-order chi connectivity index (χ0) is 20.2. The predicted molar refractivity (Wildman–Crippen MR) is 105 cm³/mol. The minimum atomic E-state index is -0.597. The van der Waals surface area contributed by atoms with Crippen molar-refractivity contribution < 1.29 is 19.1 Å². The molecule has 0 heterocycles. The number of carbonyl (C=O) groups excluding carboxylic acids is 2. The van der Waals surface area contributed by atoms with Crippen molar-refractivity contribution in [1.29, 1.82) is 0 Å². The van der Waals surface area contributed by atoms with Gasteiger partial charge in [-0.3, -0.25) is 9.59 Å². The van der Waals surface area contributed by atoms with E-state index in [9.17, 15) is 9.59 Å². The summed E-state index contributed by atoms with van der Waals surface area (Å²) in [6, 6.07) is 3.51. The fraction of sp³-hybridized carbons (Fsp3) is 0.600. The summed E-state index contributed by atoms with van der Waals surface area (Å²) in [5, 5.41) is 5.90. The van der Waals surface area contributed by atoms with Crippen molar-refractivity contribution in [3.63, 3.8) is 0 Å². The van der Waals surface area contributed by atoms with Crippen LogP contribution < -0.4 is 25.8 Å². The first-order chi connectivity index (χ1) is 12.7. The van der Waals surface area contributed by atoms with Crippen LogP contribution in [0.2, 0.25) is 0 Å². The van der Waals surface area contributed by atoms with Gasteiger partial charge in [-0.2, -0.15) is 0 Å². The third-order valence-electron chi connectivity index (χ3n) is 4.80. The Labute approximate surface area is 161 Å². The quantitative estimate of drug-likeness (QED) is 0.732. The molecule has 2 amide bonds. The third kappa shape index (κ3) is 5.35. The Bertz CT molecular complexity index is 689. The fourth-order valence-electron chi connectivity index (χ4n) is 3.01. The van der Waals surface area contributed by atoms with E-state index < -0.39 is 5.41 Å². The van der Waals surface area contributed by atoms with Gasteiger partial charge in [0, 0.05) is 23.6 Å². The highest BCUT2D eigenvalue weighted by molar-refractivity contribution is 6.05. The molecule has 1 aromatic rings. The van der Waals surface area contributed by atoms with Crippen LogP contribution in [0, 0.1) is 5.41 Å². The number of hydrogen-bond acceptors (Lipinski definition) is 5. The molecule has 7 nitrogen and oxygen atoms in total. The van der Waals surface area contributed by atoms with Gasteiger partial charge >= 0.3 is 0 Å². The lowest BCUT2D eigenvalue weighted by Crippen LogP contribution is -2.40. The van der Waals surface area contributed by atoms with E-state index >= 15 is 0 Å². The Balaban J connectivity index is 2.30. The van der Waals surface area contributed by atoms with Gasteiger partial charge in [0.05, 0.1) is 25.5 Å². The molecule has 7 heteroatoms. The number of nitrogens with one attached hydrogen (secondary N) is 2. The number of benzene rings is 1. The number of hydrogen-bond donors (Lipinski definition) is 3. The van der Waals surface area contributed by atoms with E-state index in [1.807, 2.05) is 20.8 Å². The Morgan fingerprint density at radius 2 is 1.59 bits per heavy atom.